The number of phenols is 1. The maximum absolute atomic E-state index is 13.5. The topological polar surface area (TPSA) is 70.0 Å². The second-order valence-corrected chi connectivity index (χ2v) is 4.50. The number of carbonyl (C=O) groups excluding carboxylic acids is 1. The van der Waals surface area contributed by atoms with E-state index in [0.29, 0.717) is 5.69 Å². The van der Waals surface area contributed by atoms with Crippen molar-refractivity contribution in [3.63, 3.8) is 0 Å². The molecule has 3 N–H and O–H groups in total. The fourth-order valence-electron chi connectivity index (χ4n) is 2.08. The van der Waals surface area contributed by atoms with Crippen molar-refractivity contribution >= 4 is 22.6 Å². The Bertz CT molecular complexity index is 784. The van der Waals surface area contributed by atoms with Crippen LogP contribution in [0.3, 0.4) is 0 Å². The van der Waals surface area contributed by atoms with Gasteiger partial charge in [-0.2, -0.15) is 0 Å². The third-order valence-electron chi connectivity index (χ3n) is 3.15. The highest BCUT2D eigenvalue weighted by Gasteiger charge is 2.15. The number of nitrogens with one attached hydrogen (secondary N) is 2. The van der Waals surface area contributed by atoms with Crippen LogP contribution in [0.5, 0.6) is 5.75 Å². The Labute approximate surface area is 113 Å². The number of aromatic nitrogens is 2. The van der Waals surface area contributed by atoms with Crippen molar-refractivity contribution < 1.29 is 14.3 Å². The number of para-hydroxylation sites is 1. The molecule has 0 fully saturated rings. The van der Waals surface area contributed by atoms with E-state index in [9.17, 15) is 14.3 Å². The molecule has 0 spiro atoms. The number of H-pyrrole nitrogens is 1. The lowest BCUT2D eigenvalue weighted by Crippen LogP contribution is -2.13. The van der Waals surface area contributed by atoms with Crippen LogP contribution in [-0.2, 0) is 7.05 Å². The number of hydrogen-bond acceptors (Lipinski definition) is 2. The lowest BCUT2D eigenvalue weighted by atomic mass is 10.2. The SMILES string of the molecule is Cn1ccc2[nH]c(C(=O)Nc3c(O)cccc3F)cc21. The Morgan fingerprint density at radius 3 is 2.90 bits per heavy atom. The Hall–Kier alpha value is -2.76. The van der Waals surface area contributed by atoms with Gasteiger partial charge in [-0.25, -0.2) is 4.39 Å². The third kappa shape index (κ3) is 1.91. The molecule has 0 radical (unpaired) electrons. The molecule has 0 aliphatic carbocycles. The minimum Gasteiger partial charge on any atom is -0.506 e. The van der Waals surface area contributed by atoms with Crippen LogP contribution in [0, 0.1) is 5.82 Å². The van der Waals surface area contributed by atoms with Crippen molar-refractivity contribution in [2.75, 3.05) is 5.32 Å². The van der Waals surface area contributed by atoms with E-state index in [1.165, 1.54) is 18.2 Å². The zero-order valence-electron chi connectivity index (χ0n) is 10.6. The summed E-state index contributed by atoms with van der Waals surface area (Å²) in [6.45, 7) is 0. The van der Waals surface area contributed by atoms with Crippen molar-refractivity contribution in [2.24, 2.45) is 7.05 Å². The molecule has 2 heterocycles. The number of phenolic OH excluding ortho intramolecular Hbond substituents is 1. The van der Waals surface area contributed by atoms with E-state index in [2.05, 4.69) is 10.3 Å². The minimum atomic E-state index is -0.686. The quantitative estimate of drug-likeness (QED) is 0.628. The van der Waals surface area contributed by atoms with Gasteiger partial charge in [0.25, 0.3) is 5.91 Å². The second-order valence-electron chi connectivity index (χ2n) is 4.50. The largest absolute Gasteiger partial charge is 0.506 e. The summed E-state index contributed by atoms with van der Waals surface area (Å²) in [4.78, 5) is 15.0. The van der Waals surface area contributed by atoms with Crippen molar-refractivity contribution in [2.45, 2.75) is 0 Å². The predicted molar refractivity (Wildman–Crippen MR) is 73.3 cm³/mol. The molecule has 1 amide bonds. The average Bonchev–Trinajstić information content (AvgIpc) is 2.97. The molecule has 3 aromatic rings. The molecule has 0 aliphatic heterocycles. The molecular formula is C14H12FN3O2. The Kier molecular flexibility index (Phi) is 2.71. The molecule has 2 aromatic heterocycles. The van der Waals surface area contributed by atoms with E-state index in [1.54, 1.807) is 6.07 Å². The van der Waals surface area contributed by atoms with Gasteiger partial charge in [0.05, 0.1) is 11.0 Å². The first kappa shape index (κ1) is 12.3. The van der Waals surface area contributed by atoms with Gasteiger partial charge in [-0.1, -0.05) is 6.07 Å². The van der Waals surface area contributed by atoms with Crippen LogP contribution in [0.1, 0.15) is 10.5 Å². The molecule has 0 bridgehead atoms. The first-order valence-electron chi connectivity index (χ1n) is 5.99. The van der Waals surface area contributed by atoms with Gasteiger partial charge < -0.3 is 20.0 Å². The highest BCUT2D eigenvalue weighted by Crippen LogP contribution is 2.26. The van der Waals surface area contributed by atoms with Crippen LogP contribution in [0.2, 0.25) is 0 Å². The highest BCUT2D eigenvalue weighted by atomic mass is 19.1. The first-order valence-corrected chi connectivity index (χ1v) is 5.99. The minimum absolute atomic E-state index is 0.226. The summed E-state index contributed by atoms with van der Waals surface area (Å²) in [6, 6.07) is 7.35. The number of aromatic hydroxyl groups is 1. The number of fused-ring (bicyclic) bond motifs is 1. The number of hydrogen-bond donors (Lipinski definition) is 3. The monoisotopic (exact) mass is 273 g/mol. The Morgan fingerprint density at radius 2 is 2.20 bits per heavy atom. The molecule has 20 heavy (non-hydrogen) atoms. The summed E-state index contributed by atoms with van der Waals surface area (Å²) in [5.41, 5.74) is 1.76. The molecular weight excluding hydrogens is 261 g/mol. The Balaban J connectivity index is 1.93. The van der Waals surface area contributed by atoms with Gasteiger partial charge in [0.1, 0.15) is 17.1 Å². The number of nitrogens with zero attached hydrogens (tertiary/aromatic N) is 1. The number of aryl methyl sites for hydroxylation is 1. The van der Waals surface area contributed by atoms with E-state index < -0.39 is 11.7 Å². The number of aromatic amines is 1. The number of rotatable bonds is 2. The van der Waals surface area contributed by atoms with Crippen LogP contribution >= 0.6 is 0 Å². The van der Waals surface area contributed by atoms with Crippen molar-refractivity contribution in [3.05, 3.63) is 48.0 Å². The average molecular weight is 273 g/mol. The summed E-state index contributed by atoms with van der Waals surface area (Å²) in [7, 11) is 1.86. The van der Waals surface area contributed by atoms with Crippen molar-refractivity contribution in [1.82, 2.24) is 9.55 Å². The van der Waals surface area contributed by atoms with E-state index in [4.69, 9.17) is 0 Å². The predicted octanol–water partition coefficient (Wildman–Crippen LogP) is 2.60. The number of carbonyl (C=O) groups is 1. The summed E-state index contributed by atoms with van der Waals surface area (Å²) in [5.74, 6) is -1.51. The second kappa shape index (κ2) is 4.41. The third-order valence-corrected chi connectivity index (χ3v) is 3.15. The smallest absolute Gasteiger partial charge is 0.272 e. The molecule has 102 valence electrons. The van der Waals surface area contributed by atoms with Gasteiger partial charge in [0.15, 0.2) is 5.82 Å². The van der Waals surface area contributed by atoms with Crippen LogP contribution in [0.4, 0.5) is 10.1 Å². The normalized spacial score (nSPS) is 10.9. The summed E-state index contributed by atoms with van der Waals surface area (Å²) >= 11 is 0. The van der Waals surface area contributed by atoms with Crippen LogP contribution in [-0.4, -0.2) is 20.6 Å². The maximum Gasteiger partial charge on any atom is 0.272 e. The molecule has 0 saturated heterocycles. The van der Waals surface area contributed by atoms with E-state index in [1.807, 2.05) is 23.9 Å². The van der Waals surface area contributed by atoms with E-state index in [-0.39, 0.29) is 11.4 Å². The fraction of sp³-hybridized carbons (Fsp3) is 0.0714. The molecule has 0 aliphatic rings. The molecule has 0 atom stereocenters. The summed E-state index contributed by atoms with van der Waals surface area (Å²) in [6.07, 6.45) is 1.87. The molecule has 5 nitrogen and oxygen atoms in total. The summed E-state index contributed by atoms with van der Waals surface area (Å²) in [5, 5.41) is 11.9. The van der Waals surface area contributed by atoms with Gasteiger partial charge in [0.2, 0.25) is 0 Å². The van der Waals surface area contributed by atoms with Gasteiger partial charge in [-0.15, -0.1) is 0 Å². The Morgan fingerprint density at radius 1 is 1.40 bits per heavy atom. The first-order chi connectivity index (χ1) is 9.56. The molecule has 0 unspecified atom stereocenters. The maximum atomic E-state index is 13.5. The van der Waals surface area contributed by atoms with E-state index in [0.717, 1.165) is 11.0 Å². The fourth-order valence-corrected chi connectivity index (χ4v) is 2.08. The van der Waals surface area contributed by atoms with Crippen molar-refractivity contribution in [1.29, 1.82) is 0 Å². The van der Waals surface area contributed by atoms with Crippen LogP contribution in [0.25, 0.3) is 11.0 Å². The van der Waals surface area contributed by atoms with Crippen LogP contribution < -0.4 is 5.32 Å². The van der Waals surface area contributed by atoms with Crippen molar-refractivity contribution in [3.8, 4) is 5.75 Å². The molecule has 1 aromatic carbocycles. The molecule has 6 heteroatoms. The number of benzene rings is 1. The van der Waals surface area contributed by atoms with Gasteiger partial charge >= 0.3 is 0 Å². The highest BCUT2D eigenvalue weighted by molar-refractivity contribution is 6.06. The van der Waals surface area contributed by atoms with E-state index >= 15 is 0 Å². The summed E-state index contributed by atoms with van der Waals surface area (Å²) < 4.78 is 15.4. The number of amides is 1. The zero-order chi connectivity index (χ0) is 14.3. The lowest BCUT2D eigenvalue weighted by Gasteiger charge is -2.07. The van der Waals surface area contributed by atoms with Gasteiger partial charge in [-0.05, 0) is 24.3 Å². The lowest BCUT2D eigenvalue weighted by molar-refractivity contribution is 0.102. The number of anilines is 1. The number of halogens is 1. The molecule has 3 rings (SSSR count). The van der Waals surface area contributed by atoms with Crippen LogP contribution in [0.15, 0.2) is 36.5 Å². The standard InChI is InChI=1S/C14H12FN3O2/c1-18-6-5-9-11(18)7-10(16-9)14(20)17-13-8(15)3-2-4-12(13)19/h2-7,16,19H,1H3,(H,17,20). The van der Waals surface area contributed by atoms with Gasteiger partial charge in [0, 0.05) is 13.2 Å². The zero-order valence-corrected chi connectivity index (χ0v) is 10.6. The van der Waals surface area contributed by atoms with Gasteiger partial charge in [-0.3, -0.25) is 4.79 Å². The molecule has 0 saturated carbocycles.